The van der Waals surface area contributed by atoms with Crippen LogP contribution in [0.2, 0.25) is 0 Å². The van der Waals surface area contributed by atoms with Crippen LogP contribution in [-0.2, 0) is 10.4 Å². The molecule has 0 bridgehead atoms. The van der Waals surface area contributed by atoms with Gasteiger partial charge in [-0.15, -0.1) is 0 Å². The molecular formula is C24H28N2O3. The van der Waals surface area contributed by atoms with E-state index in [1.807, 2.05) is 59.5 Å². The molecule has 1 N–H and O–H groups in total. The maximum absolute atomic E-state index is 13.1. The van der Waals surface area contributed by atoms with Crippen LogP contribution in [0.25, 0.3) is 0 Å². The van der Waals surface area contributed by atoms with Gasteiger partial charge in [-0.25, -0.2) is 0 Å². The van der Waals surface area contributed by atoms with Crippen LogP contribution < -0.4 is 9.64 Å². The third-order valence-electron chi connectivity index (χ3n) is 6.92. The van der Waals surface area contributed by atoms with Gasteiger partial charge in [-0.2, -0.15) is 0 Å². The number of nitrogens with zero attached hydrogens (tertiary/aromatic N) is 2. The molecule has 152 valence electrons. The minimum Gasteiger partial charge on any atom is -0.490 e. The van der Waals surface area contributed by atoms with E-state index in [1.54, 1.807) is 0 Å². The van der Waals surface area contributed by atoms with Crippen molar-refractivity contribution in [1.82, 2.24) is 4.90 Å². The average molecular weight is 392 g/mol. The Morgan fingerprint density at radius 2 is 1.90 bits per heavy atom. The standard InChI is InChI=1S/C24H28N2O3/c27-23(26-13-14-29-22-11-5-4-10-21(22)26)17-25-15-18-7-6-12-24(28,20(18)16-25)19-8-2-1-3-9-19/h1-5,8-11,18,20,28H,6-7,12-17H2/t18-,20+,24+/m0/s1. The molecule has 2 aromatic rings. The summed E-state index contributed by atoms with van der Waals surface area (Å²) in [7, 11) is 0. The summed E-state index contributed by atoms with van der Waals surface area (Å²) in [5.74, 6) is 1.52. The van der Waals surface area contributed by atoms with Crippen molar-refractivity contribution >= 4 is 11.6 Å². The number of fused-ring (bicyclic) bond motifs is 2. The predicted molar refractivity (Wildman–Crippen MR) is 112 cm³/mol. The molecule has 1 saturated heterocycles. The molecule has 1 aliphatic carbocycles. The molecule has 3 aliphatic rings. The fourth-order valence-electron chi connectivity index (χ4n) is 5.53. The highest BCUT2D eigenvalue weighted by Gasteiger charge is 2.49. The molecule has 5 nitrogen and oxygen atoms in total. The number of aliphatic hydroxyl groups is 1. The van der Waals surface area contributed by atoms with Gasteiger partial charge < -0.3 is 14.7 Å². The number of para-hydroxylation sites is 2. The molecule has 2 aromatic carbocycles. The maximum atomic E-state index is 13.1. The summed E-state index contributed by atoms with van der Waals surface area (Å²) >= 11 is 0. The molecular weight excluding hydrogens is 364 g/mol. The molecule has 1 saturated carbocycles. The summed E-state index contributed by atoms with van der Waals surface area (Å²) in [6.07, 6.45) is 2.97. The number of ether oxygens (including phenoxy) is 1. The third kappa shape index (κ3) is 3.32. The predicted octanol–water partition coefficient (Wildman–Crippen LogP) is 3.03. The largest absolute Gasteiger partial charge is 0.490 e. The molecule has 1 amide bonds. The van der Waals surface area contributed by atoms with Crippen molar-refractivity contribution in [2.45, 2.75) is 24.9 Å². The summed E-state index contributed by atoms with van der Waals surface area (Å²) in [6, 6.07) is 17.8. The first-order chi connectivity index (χ1) is 14.1. The lowest BCUT2D eigenvalue weighted by molar-refractivity contribution is -0.120. The van der Waals surface area contributed by atoms with Crippen LogP contribution in [0.5, 0.6) is 5.75 Å². The van der Waals surface area contributed by atoms with Gasteiger partial charge in [-0.3, -0.25) is 9.69 Å². The van der Waals surface area contributed by atoms with Gasteiger partial charge >= 0.3 is 0 Å². The van der Waals surface area contributed by atoms with Gasteiger partial charge in [-0.1, -0.05) is 42.5 Å². The number of hydrogen-bond donors (Lipinski definition) is 1. The lowest BCUT2D eigenvalue weighted by Crippen LogP contribution is -2.44. The molecule has 29 heavy (non-hydrogen) atoms. The zero-order chi connectivity index (χ0) is 19.8. The first-order valence-electron chi connectivity index (χ1n) is 10.7. The second-order valence-electron chi connectivity index (χ2n) is 8.60. The van der Waals surface area contributed by atoms with Gasteiger partial charge in [0.05, 0.1) is 24.4 Å². The Labute approximate surface area is 171 Å². The second kappa shape index (κ2) is 7.47. The fraction of sp³-hybridized carbons (Fsp3) is 0.458. The van der Waals surface area contributed by atoms with Gasteiger partial charge in [-0.05, 0) is 42.9 Å². The molecule has 0 aromatic heterocycles. The number of amides is 1. The Bertz CT molecular complexity index is 887. The van der Waals surface area contributed by atoms with Crippen LogP contribution >= 0.6 is 0 Å². The van der Waals surface area contributed by atoms with E-state index < -0.39 is 5.60 Å². The van der Waals surface area contributed by atoms with Crippen molar-refractivity contribution < 1.29 is 14.6 Å². The van der Waals surface area contributed by atoms with Crippen LogP contribution in [0, 0.1) is 11.8 Å². The van der Waals surface area contributed by atoms with Crippen molar-refractivity contribution in [3.8, 4) is 5.75 Å². The minimum atomic E-state index is -0.784. The zero-order valence-corrected chi connectivity index (χ0v) is 16.7. The van der Waals surface area contributed by atoms with Crippen LogP contribution in [0.4, 0.5) is 5.69 Å². The number of hydrogen-bond acceptors (Lipinski definition) is 4. The van der Waals surface area contributed by atoms with E-state index >= 15 is 0 Å². The van der Waals surface area contributed by atoms with Crippen molar-refractivity contribution in [2.24, 2.45) is 11.8 Å². The highest BCUT2D eigenvalue weighted by Crippen LogP contribution is 2.48. The monoisotopic (exact) mass is 392 g/mol. The molecule has 2 aliphatic heterocycles. The second-order valence-corrected chi connectivity index (χ2v) is 8.60. The number of anilines is 1. The maximum Gasteiger partial charge on any atom is 0.241 e. The number of carbonyl (C=O) groups is 1. The third-order valence-corrected chi connectivity index (χ3v) is 6.92. The van der Waals surface area contributed by atoms with Crippen LogP contribution in [0.3, 0.4) is 0 Å². The molecule has 2 fully saturated rings. The van der Waals surface area contributed by atoms with Crippen molar-refractivity contribution in [3.05, 3.63) is 60.2 Å². The molecule has 2 heterocycles. The number of benzene rings is 2. The summed E-state index contributed by atoms with van der Waals surface area (Å²) in [5, 5.41) is 11.6. The van der Waals surface area contributed by atoms with E-state index in [2.05, 4.69) is 4.90 Å². The first kappa shape index (κ1) is 18.6. The summed E-state index contributed by atoms with van der Waals surface area (Å²) in [4.78, 5) is 17.2. The van der Waals surface area contributed by atoms with Gasteiger partial charge in [0.15, 0.2) is 0 Å². The molecule has 0 spiro atoms. The first-order valence-corrected chi connectivity index (χ1v) is 10.7. The average Bonchev–Trinajstić information content (AvgIpc) is 3.18. The molecule has 0 radical (unpaired) electrons. The van der Waals surface area contributed by atoms with Gasteiger partial charge in [0, 0.05) is 19.0 Å². The molecule has 5 heteroatoms. The summed E-state index contributed by atoms with van der Waals surface area (Å²) < 4.78 is 5.69. The van der Waals surface area contributed by atoms with Crippen molar-refractivity contribution in [3.63, 3.8) is 0 Å². The van der Waals surface area contributed by atoms with Crippen molar-refractivity contribution in [2.75, 3.05) is 37.7 Å². The fourth-order valence-corrected chi connectivity index (χ4v) is 5.53. The molecule has 5 rings (SSSR count). The molecule has 3 atom stereocenters. The van der Waals surface area contributed by atoms with Crippen LogP contribution in [0.1, 0.15) is 24.8 Å². The van der Waals surface area contributed by atoms with E-state index in [1.165, 1.54) is 0 Å². The Balaban J connectivity index is 1.32. The van der Waals surface area contributed by atoms with E-state index in [-0.39, 0.29) is 11.8 Å². The van der Waals surface area contributed by atoms with E-state index in [0.29, 0.717) is 25.6 Å². The number of rotatable bonds is 3. The Morgan fingerprint density at radius 1 is 1.10 bits per heavy atom. The topological polar surface area (TPSA) is 53.0 Å². The minimum absolute atomic E-state index is 0.114. The lowest BCUT2D eigenvalue weighted by atomic mass is 9.67. The lowest BCUT2D eigenvalue weighted by Gasteiger charge is -2.41. The number of likely N-dealkylation sites (tertiary alicyclic amines) is 1. The van der Waals surface area contributed by atoms with Crippen molar-refractivity contribution in [1.29, 1.82) is 0 Å². The summed E-state index contributed by atoms with van der Waals surface area (Å²) in [5.41, 5.74) is 1.10. The Kier molecular flexibility index (Phi) is 4.80. The van der Waals surface area contributed by atoms with E-state index in [4.69, 9.17) is 4.74 Å². The van der Waals surface area contributed by atoms with Gasteiger partial charge in [0.25, 0.3) is 0 Å². The van der Waals surface area contributed by atoms with E-state index in [0.717, 1.165) is 49.4 Å². The van der Waals surface area contributed by atoms with Gasteiger partial charge in [0.1, 0.15) is 12.4 Å². The highest BCUT2D eigenvalue weighted by atomic mass is 16.5. The van der Waals surface area contributed by atoms with Gasteiger partial charge in [0.2, 0.25) is 5.91 Å². The highest BCUT2D eigenvalue weighted by molar-refractivity contribution is 5.96. The van der Waals surface area contributed by atoms with Crippen LogP contribution in [-0.4, -0.2) is 48.7 Å². The quantitative estimate of drug-likeness (QED) is 0.872. The van der Waals surface area contributed by atoms with Crippen LogP contribution in [0.15, 0.2) is 54.6 Å². The summed E-state index contributed by atoms with van der Waals surface area (Å²) in [6.45, 7) is 3.17. The normalized spacial score (nSPS) is 29.1. The Morgan fingerprint density at radius 3 is 2.76 bits per heavy atom. The molecule has 0 unspecified atom stereocenters. The SMILES string of the molecule is O=C(CN1C[C@@H]2CCC[C@@](O)(c3ccccc3)[C@@H]2C1)N1CCOc2ccccc21. The zero-order valence-electron chi connectivity index (χ0n) is 16.7. The van der Waals surface area contributed by atoms with E-state index in [9.17, 15) is 9.90 Å². The Hall–Kier alpha value is -2.37. The smallest absolute Gasteiger partial charge is 0.241 e. The number of carbonyl (C=O) groups excluding carboxylic acids is 1.